The van der Waals surface area contributed by atoms with Gasteiger partial charge in [-0.15, -0.1) is 0 Å². The Kier molecular flexibility index (Phi) is 3.49. The summed E-state index contributed by atoms with van der Waals surface area (Å²) in [4.78, 5) is 0. The first-order valence-corrected chi connectivity index (χ1v) is 5.78. The second kappa shape index (κ2) is 5.24. The molecule has 3 heteroatoms. The SMILES string of the molecule is Cc1cc(N)ccc1Nc1ccc(CC#N)cc1. The normalized spacial score (nSPS) is 9.78. The fourth-order valence-electron chi connectivity index (χ4n) is 1.78. The minimum absolute atomic E-state index is 0.446. The zero-order valence-corrected chi connectivity index (χ0v) is 10.3. The van der Waals surface area contributed by atoms with Crippen LogP contribution in [0.3, 0.4) is 0 Å². The first-order chi connectivity index (χ1) is 8.69. The number of anilines is 3. The molecule has 0 aliphatic heterocycles. The van der Waals surface area contributed by atoms with Gasteiger partial charge in [-0.1, -0.05) is 12.1 Å². The smallest absolute Gasteiger partial charge is 0.0669 e. The quantitative estimate of drug-likeness (QED) is 0.804. The van der Waals surface area contributed by atoms with Crippen LogP contribution in [0.5, 0.6) is 0 Å². The monoisotopic (exact) mass is 237 g/mol. The van der Waals surface area contributed by atoms with Gasteiger partial charge in [-0.3, -0.25) is 0 Å². The summed E-state index contributed by atoms with van der Waals surface area (Å²) < 4.78 is 0. The summed E-state index contributed by atoms with van der Waals surface area (Å²) in [7, 11) is 0. The Balaban J connectivity index is 2.16. The third-order valence-electron chi connectivity index (χ3n) is 2.77. The van der Waals surface area contributed by atoms with Crippen LogP contribution in [0.25, 0.3) is 0 Å². The fraction of sp³-hybridized carbons (Fsp3) is 0.133. The summed E-state index contributed by atoms with van der Waals surface area (Å²) in [6.07, 6.45) is 0.446. The van der Waals surface area contributed by atoms with E-state index in [4.69, 9.17) is 11.0 Å². The Morgan fingerprint density at radius 3 is 2.50 bits per heavy atom. The van der Waals surface area contributed by atoms with Crippen LogP contribution < -0.4 is 11.1 Å². The van der Waals surface area contributed by atoms with Crippen LogP contribution >= 0.6 is 0 Å². The highest BCUT2D eigenvalue weighted by atomic mass is 14.9. The van der Waals surface area contributed by atoms with E-state index in [2.05, 4.69) is 11.4 Å². The topological polar surface area (TPSA) is 61.8 Å². The van der Waals surface area contributed by atoms with E-state index in [0.717, 1.165) is 28.2 Å². The van der Waals surface area contributed by atoms with Crippen molar-refractivity contribution in [1.82, 2.24) is 0 Å². The fourth-order valence-corrected chi connectivity index (χ4v) is 1.78. The van der Waals surface area contributed by atoms with Gasteiger partial charge in [0.2, 0.25) is 0 Å². The maximum absolute atomic E-state index is 8.61. The number of hydrogen-bond acceptors (Lipinski definition) is 3. The number of hydrogen-bond donors (Lipinski definition) is 2. The maximum atomic E-state index is 8.61. The van der Waals surface area contributed by atoms with Gasteiger partial charge in [-0.2, -0.15) is 5.26 Å². The highest BCUT2D eigenvalue weighted by molar-refractivity contribution is 5.65. The summed E-state index contributed by atoms with van der Waals surface area (Å²) in [6, 6.07) is 15.8. The first kappa shape index (κ1) is 12.0. The number of benzene rings is 2. The van der Waals surface area contributed by atoms with Crippen LogP contribution in [0.1, 0.15) is 11.1 Å². The summed E-state index contributed by atoms with van der Waals surface area (Å²) in [6.45, 7) is 2.02. The number of nitrogens with one attached hydrogen (secondary N) is 1. The van der Waals surface area contributed by atoms with Crippen molar-refractivity contribution in [2.75, 3.05) is 11.1 Å². The molecule has 3 nitrogen and oxygen atoms in total. The van der Waals surface area contributed by atoms with Crippen LogP contribution in [-0.2, 0) is 6.42 Å². The second-order valence-corrected chi connectivity index (χ2v) is 4.23. The summed E-state index contributed by atoms with van der Waals surface area (Å²) in [5.74, 6) is 0. The molecule has 0 saturated carbocycles. The van der Waals surface area contributed by atoms with Gasteiger partial charge in [-0.05, 0) is 48.4 Å². The molecule has 0 saturated heterocycles. The minimum Gasteiger partial charge on any atom is -0.399 e. The molecule has 2 rings (SSSR count). The first-order valence-electron chi connectivity index (χ1n) is 5.78. The van der Waals surface area contributed by atoms with Crippen LogP contribution in [0.2, 0.25) is 0 Å². The molecule has 3 N–H and O–H groups in total. The van der Waals surface area contributed by atoms with Crippen molar-refractivity contribution >= 4 is 17.1 Å². The minimum atomic E-state index is 0.446. The molecule has 18 heavy (non-hydrogen) atoms. The lowest BCUT2D eigenvalue weighted by atomic mass is 10.1. The molecular formula is C15H15N3. The Bertz CT molecular complexity index is 580. The van der Waals surface area contributed by atoms with Crippen molar-refractivity contribution in [2.45, 2.75) is 13.3 Å². The van der Waals surface area contributed by atoms with Gasteiger partial charge in [-0.25, -0.2) is 0 Å². The molecule has 2 aromatic carbocycles. The summed E-state index contributed by atoms with van der Waals surface area (Å²) in [5.41, 5.74) is 10.7. The van der Waals surface area contributed by atoms with E-state index in [0.29, 0.717) is 6.42 Å². The number of nitriles is 1. The molecule has 0 bridgehead atoms. The van der Waals surface area contributed by atoms with Gasteiger partial charge in [0.1, 0.15) is 0 Å². The lowest BCUT2D eigenvalue weighted by molar-refractivity contribution is 1.26. The van der Waals surface area contributed by atoms with E-state index in [9.17, 15) is 0 Å². The Labute approximate surface area is 107 Å². The van der Waals surface area contributed by atoms with E-state index >= 15 is 0 Å². The highest BCUT2D eigenvalue weighted by Crippen LogP contribution is 2.22. The van der Waals surface area contributed by atoms with Crippen molar-refractivity contribution < 1.29 is 0 Å². The average Bonchev–Trinajstić information content (AvgIpc) is 2.35. The third kappa shape index (κ3) is 2.80. The van der Waals surface area contributed by atoms with Gasteiger partial charge < -0.3 is 11.1 Å². The standard InChI is InChI=1S/C15H15N3/c1-11-10-13(17)4-7-15(11)18-14-5-2-12(3-6-14)8-9-16/h2-7,10,18H,8,17H2,1H3. The lowest BCUT2D eigenvalue weighted by Crippen LogP contribution is -1.95. The number of nitrogens with zero attached hydrogens (tertiary/aromatic N) is 1. The third-order valence-corrected chi connectivity index (χ3v) is 2.77. The number of rotatable bonds is 3. The molecule has 0 aliphatic rings. The average molecular weight is 237 g/mol. The predicted octanol–water partition coefficient (Wildman–Crippen LogP) is 3.39. The predicted molar refractivity (Wildman–Crippen MR) is 74.6 cm³/mol. The maximum Gasteiger partial charge on any atom is 0.0669 e. The molecule has 0 aliphatic carbocycles. The molecule has 0 spiro atoms. The van der Waals surface area contributed by atoms with E-state index in [1.807, 2.05) is 49.4 Å². The van der Waals surface area contributed by atoms with Crippen LogP contribution in [0.4, 0.5) is 17.1 Å². The van der Waals surface area contributed by atoms with Crippen molar-refractivity contribution in [3.8, 4) is 6.07 Å². The van der Waals surface area contributed by atoms with Gasteiger partial charge >= 0.3 is 0 Å². The molecule has 90 valence electrons. The molecule has 0 atom stereocenters. The molecule has 2 aromatic rings. The number of nitrogens with two attached hydrogens (primary N) is 1. The van der Waals surface area contributed by atoms with Gasteiger partial charge in [0, 0.05) is 17.1 Å². The van der Waals surface area contributed by atoms with Crippen molar-refractivity contribution in [2.24, 2.45) is 0 Å². The van der Waals surface area contributed by atoms with Gasteiger partial charge in [0.15, 0.2) is 0 Å². The Hall–Kier alpha value is -2.47. The van der Waals surface area contributed by atoms with E-state index in [1.54, 1.807) is 0 Å². The summed E-state index contributed by atoms with van der Waals surface area (Å²) in [5, 5.41) is 11.9. The highest BCUT2D eigenvalue weighted by Gasteiger charge is 1.99. The number of aryl methyl sites for hydroxylation is 1. The largest absolute Gasteiger partial charge is 0.399 e. The molecular weight excluding hydrogens is 222 g/mol. The van der Waals surface area contributed by atoms with Crippen LogP contribution in [0, 0.1) is 18.3 Å². The van der Waals surface area contributed by atoms with Gasteiger partial charge in [0.25, 0.3) is 0 Å². The van der Waals surface area contributed by atoms with E-state index in [1.165, 1.54) is 0 Å². The van der Waals surface area contributed by atoms with E-state index < -0.39 is 0 Å². The van der Waals surface area contributed by atoms with Crippen molar-refractivity contribution in [3.05, 3.63) is 53.6 Å². The van der Waals surface area contributed by atoms with E-state index in [-0.39, 0.29) is 0 Å². The van der Waals surface area contributed by atoms with Crippen molar-refractivity contribution in [3.63, 3.8) is 0 Å². The molecule has 0 unspecified atom stereocenters. The molecule has 0 amide bonds. The Morgan fingerprint density at radius 1 is 1.17 bits per heavy atom. The zero-order valence-electron chi connectivity index (χ0n) is 10.3. The summed E-state index contributed by atoms with van der Waals surface area (Å²) >= 11 is 0. The van der Waals surface area contributed by atoms with Crippen molar-refractivity contribution in [1.29, 1.82) is 5.26 Å². The Morgan fingerprint density at radius 2 is 1.89 bits per heavy atom. The molecule has 0 radical (unpaired) electrons. The second-order valence-electron chi connectivity index (χ2n) is 4.23. The number of nitrogen functional groups attached to an aromatic ring is 1. The van der Waals surface area contributed by atoms with Crippen LogP contribution in [-0.4, -0.2) is 0 Å². The molecule has 0 fully saturated rings. The molecule has 0 aromatic heterocycles. The van der Waals surface area contributed by atoms with Crippen LogP contribution in [0.15, 0.2) is 42.5 Å². The lowest BCUT2D eigenvalue weighted by Gasteiger charge is -2.10. The van der Waals surface area contributed by atoms with Gasteiger partial charge in [0.05, 0.1) is 12.5 Å². The molecule has 0 heterocycles. The zero-order chi connectivity index (χ0) is 13.0.